The van der Waals surface area contributed by atoms with Crippen molar-refractivity contribution in [2.75, 3.05) is 0 Å². The molecule has 1 aromatic carbocycles. The summed E-state index contributed by atoms with van der Waals surface area (Å²) in [7, 11) is -1.87. The van der Waals surface area contributed by atoms with Crippen LogP contribution >= 0.6 is 22.7 Å². The van der Waals surface area contributed by atoms with E-state index in [1.165, 1.54) is 47.3 Å². The van der Waals surface area contributed by atoms with E-state index in [0.717, 1.165) is 13.0 Å². The van der Waals surface area contributed by atoms with Crippen molar-refractivity contribution in [3.05, 3.63) is 80.4 Å². The summed E-state index contributed by atoms with van der Waals surface area (Å²) in [5, 5.41) is 0. The van der Waals surface area contributed by atoms with Gasteiger partial charge >= 0.3 is 0 Å². The van der Waals surface area contributed by atoms with E-state index in [2.05, 4.69) is 110 Å². The van der Waals surface area contributed by atoms with Crippen molar-refractivity contribution in [3.8, 4) is 10.4 Å². The van der Waals surface area contributed by atoms with E-state index in [-0.39, 0.29) is 0 Å². The Morgan fingerprint density at radius 1 is 0.771 bits per heavy atom. The SMILES string of the molecule is Cc1sc(CO[Si](C(C)C)(C(C)C)C(C)C)cc1C1=CCC=C1c1cc(-c2ccccc2)sc1C. The number of thiophene rings is 2. The molecule has 0 spiro atoms. The van der Waals surface area contributed by atoms with Crippen LogP contribution in [0.3, 0.4) is 0 Å². The fourth-order valence-corrected chi connectivity index (χ4v) is 13.6. The van der Waals surface area contributed by atoms with Gasteiger partial charge in [-0.1, -0.05) is 84.0 Å². The van der Waals surface area contributed by atoms with Gasteiger partial charge in [0.05, 0.1) is 6.61 Å². The number of allylic oxidation sites excluding steroid dienone is 4. The van der Waals surface area contributed by atoms with Crippen molar-refractivity contribution < 1.29 is 4.43 Å². The van der Waals surface area contributed by atoms with Gasteiger partial charge < -0.3 is 4.43 Å². The molecule has 0 atom stereocenters. The predicted octanol–water partition coefficient (Wildman–Crippen LogP) is 10.7. The van der Waals surface area contributed by atoms with Gasteiger partial charge in [-0.2, -0.15) is 0 Å². The van der Waals surface area contributed by atoms with Gasteiger partial charge in [0.15, 0.2) is 0 Å². The molecule has 4 rings (SSSR count). The molecule has 4 heteroatoms. The average Bonchev–Trinajstić information content (AvgIpc) is 3.52. The molecule has 3 aromatic rings. The van der Waals surface area contributed by atoms with Gasteiger partial charge in [-0.05, 0) is 76.9 Å². The van der Waals surface area contributed by atoms with Crippen LogP contribution < -0.4 is 0 Å². The Bertz CT molecular complexity index is 1200. The normalized spacial score (nSPS) is 14.4. The van der Waals surface area contributed by atoms with Crippen LogP contribution in [0.4, 0.5) is 0 Å². The fraction of sp³-hybridized carbons (Fsp3) is 0.419. The molecule has 0 amide bonds. The third kappa shape index (κ3) is 5.09. The summed E-state index contributed by atoms with van der Waals surface area (Å²) >= 11 is 3.81. The number of benzene rings is 1. The van der Waals surface area contributed by atoms with Gasteiger partial charge in [-0.3, -0.25) is 0 Å². The summed E-state index contributed by atoms with van der Waals surface area (Å²) in [5.74, 6) is 0. The molecule has 0 unspecified atom stereocenters. The predicted molar refractivity (Wildman–Crippen MR) is 160 cm³/mol. The Labute approximate surface area is 221 Å². The van der Waals surface area contributed by atoms with Crippen LogP contribution in [0.5, 0.6) is 0 Å². The molecule has 0 N–H and O–H groups in total. The highest BCUT2D eigenvalue weighted by atomic mass is 32.1. The maximum absolute atomic E-state index is 6.93. The molecular weight excluding hydrogens is 481 g/mol. The van der Waals surface area contributed by atoms with Crippen molar-refractivity contribution in [1.82, 2.24) is 0 Å². The Balaban J connectivity index is 1.59. The monoisotopic (exact) mass is 520 g/mol. The fourth-order valence-electron chi connectivity index (χ4n) is 6.10. The van der Waals surface area contributed by atoms with Gasteiger partial charge in [0.1, 0.15) is 0 Å². The zero-order chi connectivity index (χ0) is 25.3. The highest BCUT2D eigenvalue weighted by molar-refractivity contribution is 7.15. The van der Waals surface area contributed by atoms with E-state index in [1.54, 1.807) is 0 Å². The summed E-state index contributed by atoms with van der Waals surface area (Å²) in [5.41, 5.74) is 8.67. The molecule has 1 nitrogen and oxygen atoms in total. The summed E-state index contributed by atoms with van der Waals surface area (Å²) in [6.45, 7) is 19.5. The Morgan fingerprint density at radius 2 is 1.31 bits per heavy atom. The van der Waals surface area contributed by atoms with Crippen molar-refractivity contribution in [1.29, 1.82) is 0 Å². The molecule has 186 valence electrons. The molecule has 0 radical (unpaired) electrons. The molecule has 2 heterocycles. The van der Waals surface area contributed by atoms with E-state index in [0.29, 0.717) is 16.6 Å². The zero-order valence-electron chi connectivity index (χ0n) is 22.6. The van der Waals surface area contributed by atoms with E-state index < -0.39 is 8.32 Å². The maximum Gasteiger partial charge on any atom is 0.200 e. The first kappa shape index (κ1) is 26.3. The molecule has 0 aliphatic heterocycles. The smallest absolute Gasteiger partial charge is 0.200 e. The summed E-state index contributed by atoms with van der Waals surface area (Å²) in [4.78, 5) is 5.49. The first-order valence-electron chi connectivity index (χ1n) is 13.0. The van der Waals surface area contributed by atoms with Crippen LogP contribution in [0.2, 0.25) is 16.6 Å². The molecule has 2 aromatic heterocycles. The van der Waals surface area contributed by atoms with E-state index in [4.69, 9.17) is 4.43 Å². The zero-order valence-corrected chi connectivity index (χ0v) is 25.2. The van der Waals surface area contributed by atoms with Gasteiger partial charge in [-0.15, -0.1) is 22.7 Å². The minimum atomic E-state index is -1.87. The Hall–Kier alpha value is -1.72. The minimum absolute atomic E-state index is 0.607. The average molecular weight is 521 g/mol. The van der Waals surface area contributed by atoms with Gasteiger partial charge in [0, 0.05) is 19.5 Å². The van der Waals surface area contributed by atoms with Crippen molar-refractivity contribution in [2.45, 2.75) is 85.0 Å². The molecule has 0 saturated carbocycles. The second-order valence-corrected chi connectivity index (χ2v) is 18.8. The molecule has 0 fully saturated rings. The maximum atomic E-state index is 6.93. The third-order valence-electron chi connectivity index (χ3n) is 7.63. The van der Waals surface area contributed by atoms with Crippen LogP contribution in [0, 0.1) is 13.8 Å². The molecule has 1 aliphatic carbocycles. The van der Waals surface area contributed by atoms with Gasteiger partial charge in [0.2, 0.25) is 8.32 Å². The second kappa shape index (κ2) is 10.7. The summed E-state index contributed by atoms with van der Waals surface area (Å²) in [6.07, 6.45) is 5.82. The largest absolute Gasteiger partial charge is 0.411 e. The first-order chi connectivity index (χ1) is 16.6. The molecule has 0 bridgehead atoms. The number of rotatable bonds is 9. The van der Waals surface area contributed by atoms with Crippen molar-refractivity contribution in [3.63, 3.8) is 0 Å². The molecule has 1 aliphatic rings. The van der Waals surface area contributed by atoms with Crippen LogP contribution in [0.1, 0.15) is 73.7 Å². The van der Waals surface area contributed by atoms with Crippen molar-refractivity contribution >= 4 is 42.1 Å². The van der Waals surface area contributed by atoms with Crippen LogP contribution in [0.15, 0.2) is 54.6 Å². The first-order valence-corrected chi connectivity index (χ1v) is 16.7. The van der Waals surface area contributed by atoms with E-state index in [1.807, 2.05) is 22.7 Å². The lowest BCUT2D eigenvalue weighted by Crippen LogP contribution is -2.47. The molecular formula is C31H40OS2Si. The highest BCUT2D eigenvalue weighted by Crippen LogP contribution is 2.46. The van der Waals surface area contributed by atoms with Crippen LogP contribution in [-0.4, -0.2) is 8.32 Å². The van der Waals surface area contributed by atoms with Crippen molar-refractivity contribution in [2.24, 2.45) is 0 Å². The highest BCUT2D eigenvalue weighted by Gasteiger charge is 2.45. The lowest BCUT2D eigenvalue weighted by atomic mass is 9.95. The Kier molecular flexibility index (Phi) is 8.07. The van der Waals surface area contributed by atoms with E-state index in [9.17, 15) is 0 Å². The number of hydrogen-bond acceptors (Lipinski definition) is 3. The summed E-state index contributed by atoms with van der Waals surface area (Å²) in [6, 6.07) is 15.5. The quantitative estimate of drug-likeness (QED) is 0.255. The third-order valence-corrected chi connectivity index (χ3v) is 15.8. The topological polar surface area (TPSA) is 9.23 Å². The molecule has 35 heavy (non-hydrogen) atoms. The Morgan fingerprint density at radius 3 is 1.89 bits per heavy atom. The second-order valence-electron chi connectivity index (χ2n) is 10.7. The lowest BCUT2D eigenvalue weighted by Gasteiger charge is -2.42. The van der Waals surface area contributed by atoms with E-state index >= 15 is 0 Å². The van der Waals surface area contributed by atoms with Gasteiger partial charge in [-0.25, -0.2) is 0 Å². The molecule has 0 saturated heterocycles. The number of aryl methyl sites for hydroxylation is 2. The lowest BCUT2D eigenvalue weighted by molar-refractivity contribution is 0.269. The summed E-state index contributed by atoms with van der Waals surface area (Å²) < 4.78 is 6.93. The van der Waals surface area contributed by atoms with Gasteiger partial charge in [0.25, 0.3) is 0 Å². The number of hydrogen-bond donors (Lipinski definition) is 0. The standard InChI is InChI=1S/C31H40OS2Si/c1-20(2)35(21(3)4,22(5)6)32-19-26-17-29(23(7)33-26)27-15-12-16-28(27)30-18-31(34-24(30)8)25-13-10-9-11-14-25/h9-11,13-18,20-22H,12,19H2,1-8H3. The van der Waals surface area contributed by atoms with Crippen LogP contribution in [0.25, 0.3) is 21.6 Å². The van der Waals surface area contributed by atoms with Crippen LogP contribution in [-0.2, 0) is 11.0 Å². The minimum Gasteiger partial charge on any atom is -0.411 e.